The number of benzene rings is 1. The average molecular weight is 262 g/mol. The number of anilines is 1. The van der Waals surface area contributed by atoms with Gasteiger partial charge in [0.05, 0.1) is 17.5 Å². The SMILES string of the molecule is Cc1cc2c(ncn2C(C)C)c(NC(N)=S)c1C. The maximum Gasteiger partial charge on any atom is 0.168 e. The normalized spacial score (nSPS) is 11.2. The van der Waals surface area contributed by atoms with E-state index in [-0.39, 0.29) is 5.11 Å². The Labute approximate surface area is 112 Å². The second kappa shape index (κ2) is 4.57. The first-order valence-electron chi connectivity index (χ1n) is 5.95. The molecular weight excluding hydrogens is 244 g/mol. The van der Waals surface area contributed by atoms with Crippen LogP contribution in [-0.4, -0.2) is 14.7 Å². The van der Waals surface area contributed by atoms with E-state index in [9.17, 15) is 0 Å². The molecular formula is C13H18N4S. The second-order valence-corrected chi connectivity index (χ2v) is 5.24. The molecule has 96 valence electrons. The zero-order valence-corrected chi connectivity index (χ0v) is 11.9. The molecule has 0 bridgehead atoms. The van der Waals surface area contributed by atoms with E-state index in [2.05, 4.69) is 41.7 Å². The van der Waals surface area contributed by atoms with Gasteiger partial charge in [-0.3, -0.25) is 0 Å². The minimum Gasteiger partial charge on any atom is -0.376 e. The molecule has 1 aromatic carbocycles. The first kappa shape index (κ1) is 12.8. The van der Waals surface area contributed by atoms with Crippen molar-refractivity contribution < 1.29 is 0 Å². The van der Waals surface area contributed by atoms with Crippen molar-refractivity contribution in [2.45, 2.75) is 33.7 Å². The number of thiocarbonyl (C=S) groups is 1. The Bertz CT molecular complexity index is 613. The lowest BCUT2D eigenvalue weighted by Gasteiger charge is -2.13. The molecule has 0 saturated carbocycles. The number of aryl methyl sites for hydroxylation is 1. The Morgan fingerprint density at radius 3 is 2.67 bits per heavy atom. The molecule has 0 radical (unpaired) electrons. The number of imidazole rings is 1. The van der Waals surface area contributed by atoms with Gasteiger partial charge < -0.3 is 15.6 Å². The maximum absolute atomic E-state index is 5.59. The third kappa shape index (κ3) is 2.06. The zero-order valence-electron chi connectivity index (χ0n) is 11.1. The minimum atomic E-state index is 0.268. The fourth-order valence-electron chi connectivity index (χ4n) is 2.08. The molecule has 0 aliphatic heterocycles. The fourth-order valence-corrected chi connectivity index (χ4v) is 2.18. The Balaban J connectivity index is 2.75. The summed E-state index contributed by atoms with van der Waals surface area (Å²) >= 11 is 4.93. The van der Waals surface area contributed by atoms with Crippen molar-refractivity contribution in [3.8, 4) is 0 Å². The fraction of sp³-hybridized carbons (Fsp3) is 0.385. The van der Waals surface area contributed by atoms with Gasteiger partial charge >= 0.3 is 0 Å². The molecule has 0 fully saturated rings. The van der Waals surface area contributed by atoms with Crippen LogP contribution in [0.2, 0.25) is 0 Å². The molecule has 0 aliphatic carbocycles. The Morgan fingerprint density at radius 1 is 1.44 bits per heavy atom. The van der Waals surface area contributed by atoms with Crippen LogP contribution in [0.4, 0.5) is 5.69 Å². The van der Waals surface area contributed by atoms with E-state index in [0.717, 1.165) is 22.3 Å². The standard InChI is InChI=1S/C13H18N4S/c1-7(2)17-6-15-12-10(17)5-8(3)9(4)11(12)16-13(14)18/h5-7H,1-4H3,(H3,14,16,18). The number of hydrogen-bond donors (Lipinski definition) is 2. The van der Waals surface area contributed by atoms with E-state index in [4.69, 9.17) is 18.0 Å². The number of aromatic nitrogens is 2. The van der Waals surface area contributed by atoms with E-state index >= 15 is 0 Å². The highest BCUT2D eigenvalue weighted by atomic mass is 32.1. The molecule has 18 heavy (non-hydrogen) atoms. The summed E-state index contributed by atoms with van der Waals surface area (Å²) in [5, 5.41) is 3.31. The van der Waals surface area contributed by atoms with Gasteiger partial charge in [0.15, 0.2) is 5.11 Å². The van der Waals surface area contributed by atoms with Gasteiger partial charge in [-0.05, 0) is 57.1 Å². The summed E-state index contributed by atoms with van der Waals surface area (Å²) < 4.78 is 2.15. The van der Waals surface area contributed by atoms with Crippen LogP contribution in [0.3, 0.4) is 0 Å². The first-order valence-corrected chi connectivity index (χ1v) is 6.35. The molecule has 4 nitrogen and oxygen atoms in total. The Morgan fingerprint density at radius 2 is 2.11 bits per heavy atom. The summed E-state index contributed by atoms with van der Waals surface area (Å²) in [6, 6.07) is 2.53. The molecule has 0 amide bonds. The summed E-state index contributed by atoms with van der Waals surface area (Å²) in [5.41, 5.74) is 10.8. The number of nitrogens with zero attached hydrogens (tertiary/aromatic N) is 2. The summed E-state index contributed by atoms with van der Waals surface area (Å²) in [5.74, 6) is 0. The highest BCUT2D eigenvalue weighted by molar-refractivity contribution is 7.80. The van der Waals surface area contributed by atoms with Crippen LogP contribution in [-0.2, 0) is 0 Å². The van der Waals surface area contributed by atoms with Crippen LogP contribution in [0.25, 0.3) is 11.0 Å². The maximum atomic E-state index is 5.59. The van der Waals surface area contributed by atoms with Crippen molar-refractivity contribution in [1.29, 1.82) is 0 Å². The molecule has 2 rings (SSSR count). The smallest absolute Gasteiger partial charge is 0.168 e. The monoisotopic (exact) mass is 262 g/mol. The summed E-state index contributed by atoms with van der Waals surface area (Å²) in [6.45, 7) is 8.40. The van der Waals surface area contributed by atoms with Gasteiger partial charge in [-0.1, -0.05) is 0 Å². The molecule has 3 N–H and O–H groups in total. The minimum absolute atomic E-state index is 0.268. The molecule has 1 heterocycles. The summed E-state index contributed by atoms with van der Waals surface area (Å²) in [7, 11) is 0. The van der Waals surface area contributed by atoms with Crippen molar-refractivity contribution in [1.82, 2.24) is 9.55 Å². The highest BCUT2D eigenvalue weighted by Gasteiger charge is 2.14. The number of nitrogens with two attached hydrogens (primary N) is 1. The van der Waals surface area contributed by atoms with Gasteiger partial charge in [-0.25, -0.2) is 4.98 Å². The number of nitrogens with one attached hydrogen (secondary N) is 1. The quantitative estimate of drug-likeness (QED) is 0.817. The van der Waals surface area contributed by atoms with Crippen molar-refractivity contribution in [2.75, 3.05) is 5.32 Å². The van der Waals surface area contributed by atoms with Crippen molar-refractivity contribution in [3.05, 3.63) is 23.5 Å². The molecule has 1 aromatic heterocycles. The molecule has 0 saturated heterocycles. The Kier molecular flexibility index (Phi) is 3.26. The molecule has 0 aliphatic rings. The highest BCUT2D eigenvalue weighted by Crippen LogP contribution is 2.30. The molecule has 0 spiro atoms. The lowest BCUT2D eigenvalue weighted by molar-refractivity contribution is 0.617. The first-order chi connectivity index (χ1) is 8.41. The van der Waals surface area contributed by atoms with Crippen LogP contribution in [0.1, 0.15) is 31.0 Å². The van der Waals surface area contributed by atoms with E-state index in [1.54, 1.807) is 0 Å². The lowest BCUT2D eigenvalue weighted by Crippen LogP contribution is -2.20. The van der Waals surface area contributed by atoms with Gasteiger partial charge in [0.1, 0.15) is 5.52 Å². The van der Waals surface area contributed by atoms with Crippen molar-refractivity contribution in [2.24, 2.45) is 5.73 Å². The van der Waals surface area contributed by atoms with Gasteiger partial charge in [0.25, 0.3) is 0 Å². The predicted molar refractivity (Wildman–Crippen MR) is 80.0 cm³/mol. The van der Waals surface area contributed by atoms with Crippen LogP contribution < -0.4 is 11.1 Å². The van der Waals surface area contributed by atoms with Gasteiger partial charge in [0, 0.05) is 6.04 Å². The Hall–Kier alpha value is -1.62. The van der Waals surface area contributed by atoms with Gasteiger partial charge in [0.2, 0.25) is 0 Å². The van der Waals surface area contributed by atoms with Crippen LogP contribution in [0, 0.1) is 13.8 Å². The third-order valence-corrected chi connectivity index (χ3v) is 3.30. The third-order valence-electron chi connectivity index (χ3n) is 3.19. The van der Waals surface area contributed by atoms with E-state index in [0.29, 0.717) is 6.04 Å². The van der Waals surface area contributed by atoms with Crippen molar-refractivity contribution in [3.63, 3.8) is 0 Å². The molecule has 5 heteroatoms. The number of fused-ring (bicyclic) bond motifs is 1. The summed E-state index contributed by atoms with van der Waals surface area (Å²) in [6.07, 6.45) is 1.86. The topological polar surface area (TPSA) is 55.9 Å². The zero-order chi connectivity index (χ0) is 13.4. The van der Waals surface area contributed by atoms with E-state index in [1.807, 2.05) is 13.3 Å². The number of hydrogen-bond acceptors (Lipinski definition) is 2. The molecule has 0 unspecified atom stereocenters. The van der Waals surface area contributed by atoms with Gasteiger partial charge in [-0.2, -0.15) is 0 Å². The largest absolute Gasteiger partial charge is 0.376 e. The van der Waals surface area contributed by atoms with E-state index in [1.165, 1.54) is 5.56 Å². The second-order valence-electron chi connectivity index (χ2n) is 4.80. The molecule has 0 atom stereocenters. The van der Waals surface area contributed by atoms with Gasteiger partial charge in [-0.15, -0.1) is 0 Å². The van der Waals surface area contributed by atoms with Crippen LogP contribution in [0.15, 0.2) is 12.4 Å². The molecule has 2 aromatic rings. The predicted octanol–water partition coefficient (Wildman–Crippen LogP) is 2.89. The number of rotatable bonds is 2. The van der Waals surface area contributed by atoms with Crippen molar-refractivity contribution >= 4 is 34.1 Å². The summed E-state index contributed by atoms with van der Waals surface area (Å²) in [4.78, 5) is 4.48. The van der Waals surface area contributed by atoms with E-state index < -0.39 is 0 Å². The average Bonchev–Trinajstić information content (AvgIpc) is 2.67. The lowest BCUT2D eigenvalue weighted by atomic mass is 10.1. The van der Waals surface area contributed by atoms with Crippen LogP contribution in [0.5, 0.6) is 0 Å². The van der Waals surface area contributed by atoms with Crippen LogP contribution >= 0.6 is 12.2 Å².